The molecular formula is C12H17FN2O2S2. The van der Waals surface area contributed by atoms with Crippen LogP contribution in [0.1, 0.15) is 12.5 Å². The molecule has 1 atom stereocenters. The molecule has 0 spiro atoms. The Balaban J connectivity index is 2.39. The van der Waals surface area contributed by atoms with E-state index in [1.54, 1.807) is 11.8 Å². The summed E-state index contributed by atoms with van der Waals surface area (Å²) < 4.78 is 39.9. The van der Waals surface area contributed by atoms with E-state index in [2.05, 4.69) is 0 Å². The molecule has 106 valence electrons. The van der Waals surface area contributed by atoms with Crippen molar-refractivity contribution in [3.05, 3.63) is 23.5 Å². The molecule has 7 heteroatoms. The summed E-state index contributed by atoms with van der Waals surface area (Å²) in [6.45, 7) is 4.47. The molecule has 2 rings (SSSR count). The van der Waals surface area contributed by atoms with Crippen molar-refractivity contribution in [2.75, 3.05) is 24.6 Å². The zero-order valence-electron chi connectivity index (χ0n) is 10.9. The lowest BCUT2D eigenvalue weighted by atomic mass is 10.2. The number of nitrogens with zero attached hydrogens (tertiary/aromatic N) is 1. The lowest BCUT2D eigenvalue weighted by Crippen LogP contribution is -2.41. The second-order valence-corrected chi connectivity index (χ2v) is 8.17. The highest BCUT2D eigenvalue weighted by Crippen LogP contribution is 2.27. The van der Waals surface area contributed by atoms with E-state index in [4.69, 9.17) is 5.73 Å². The van der Waals surface area contributed by atoms with Crippen molar-refractivity contribution in [3.63, 3.8) is 0 Å². The summed E-state index contributed by atoms with van der Waals surface area (Å²) in [6.07, 6.45) is 0. The van der Waals surface area contributed by atoms with Crippen LogP contribution in [0, 0.1) is 12.7 Å². The van der Waals surface area contributed by atoms with Gasteiger partial charge in [0.05, 0.1) is 10.6 Å². The third kappa shape index (κ3) is 2.88. The second kappa shape index (κ2) is 5.30. The molecule has 1 fully saturated rings. The first-order valence-electron chi connectivity index (χ1n) is 5.99. The number of nitrogen functional groups attached to an aromatic ring is 1. The first-order chi connectivity index (χ1) is 8.82. The largest absolute Gasteiger partial charge is 0.396 e. The van der Waals surface area contributed by atoms with Gasteiger partial charge in [0.15, 0.2) is 0 Å². The zero-order valence-corrected chi connectivity index (χ0v) is 12.5. The molecule has 4 nitrogen and oxygen atoms in total. The number of sulfonamides is 1. The maximum atomic E-state index is 13.5. The minimum absolute atomic E-state index is 0.0722. The second-order valence-electron chi connectivity index (χ2n) is 4.69. The van der Waals surface area contributed by atoms with E-state index >= 15 is 0 Å². The minimum atomic E-state index is -3.58. The number of halogens is 1. The summed E-state index contributed by atoms with van der Waals surface area (Å²) >= 11 is 1.75. The molecule has 1 heterocycles. The predicted molar refractivity (Wildman–Crippen MR) is 76.2 cm³/mol. The van der Waals surface area contributed by atoms with Gasteiger partial charge in [-0.3, -0.25) is 0 Å². The van der Waals surface area contributed by atoms with Gasteiger partial charge in [-0.1, -0.05) is 6.92 Å². The van der Waals surface area contributed by atoms with Crippen LogP contribution in [-0.4, -0.2) is 36.8 Å². The van der Waals surface area contributed by atoms with E-state index in [0.29, 0.717) is 13.1 Å². The zero-order chi connectivity index (χ0) is 14.2. The van der Waals surface area contributed by atoms with Crippen molar-refractivity contribution in [1.29, 1.82) is 0 Å². The normalized spacial score (nSPS) is 21.5. The molecule has 1 aliphatic heterocycles. The van der Waals surface area contributed by atoms with Crippen molar-refractivity contribution >= 4 is 27.5 Å². The summed E-state index contributed by atoms with van der Waals surface area (Å²) in [5.41, 5.74) is 5.63. The van der Waals surface area contributed by atoms with Gasteiger partial charge in [0, 0.05) is 24.1 Å². The molecule has 1 aromatic rings. The lowest BCUT2D eigenvalue weighted by molar-refractivity contribution is 0.424. The average molecular weight is 304 g/mol. The van der Waals surface area contributed by atoms with Crippen LogP contribution in [0.4, 0.5) is 10.1 Å². The smallest absolute Gasteiger partial charge is 0.243 e. The van der Waals surface area contributed by atoms with Crippen LogP contribution in [-0.2, 0) is 10.0 Å². The van der Waals surface area contributed by atoms with Crippen LogP contribution in [0.3, 0.4) is 0 Å². The van der Waals surface area contributed by atoms with Crippen LogP contribution < -0.4 is 5.73 Å². The van der Waals surface area contributed by atoms with Gasteiger partial charge in [0.2, 0.25) is 10.0 Å². The molecule has 0 saturated carbocycles. The van der Waals surface area contributed by atoms with Crippen LogP contribution in [0.5, 0.6) is 0 Å². The highest BCUT2D eigenvalue weighted by molar-refractivity contribution is 8.00. The van der Waals surface area contributed by atoms with E-state index < -0.39 is 15.8 Å². The van der Waals surface area contributed by atoms with Crippen LogP contribution in [0.25, 0.3) is 0 Å². The Hall–Kier alpha value is -0.790. The Morgan fingerprint density at radius 2 is 2.16 bits per heavy atom. The van der Waals surface area contributed by atoms with Crippen molar-refractivity contribution in [2.24, 2.45) is 0 Å². The number of rotatable bonds is 2. The van der Waals surface area contributed by atoms with Crippen molar-refractivity contribution in [2.45, 2.75) is 24.0 Å². The Kier molecular flexibility index (Phi) is 4.08. The van der Waals surface area contributed by atoms with Crippen molar-refractivity contribution < 1.29 is 12.8 Å². The molecule has 0 radical (unpaired) electrons. The van der Waals surface area contributed by atoms with E-state index in [-0.39, 0.29) is 21.4 Å². The van der Waals surface area contributed by atoms with E-state index in [1.807, 2.05) is 6.92 Å². The van der Waals surface area contributed by atoms with Crippen LogP contribution in [0.2, 0.25) is 0 Å². The van der Waals surface area contributed by atoms with Crippen LogP contribution in [0.15, 0.2) is 17.0 Å². The highest BCUT2D eigenvalue weighted by atomic mass is 32.2. The number of aryl methyl sites for hydroxylation is 1. The SMILES string of the molecule is Cc1cc(S(=O)(=O)N2CCSC(C)C2)cc(N)c1F. The Morgan fingerprint density at radius 1 is 1.47 bits per heavy atom. The maximum absolute atomic E-state index is 13.5. The summed E-state index contributed by atoms with van der Waals surface area (Å²) in [4.78, 5) is 0.0722. The fourth-order valence-corrected chi connectivity index (χ4v) is 4.94. The van der Waals surface area contributed by atoms with E-state index in [1.165, 1.54) is 23.4 Å². The maximum Gasteiger partial charge on any atom is 0.243 e. The van der Waals surface area contributed by atoms with Gasteiger partial charge in [-0.25, -0.2) is 12.8 Å². The number of nitrogens with two attached hydrogens (primary N) is 1. The molecule has 1 unspecified atom stereocenters. The lowest BCUT2D eigenvalue weighted by Gasteiger charge is -2.29. The minimum Gasteiger partial charge on any atom is -0.396 e. The number of hydrogen-bond acceptors (Lipinski definition) is 4. The summed E-state index contributed by atoms with van der Waals surface area (Å²) in [5.74, 6) is 0.220. The predicted octanol–water partition coefficient (Wildman–Crippen LogP) is 1.84. The topological polar surface area (TPSA) is 63.4 Å². The third-order valence-electron chi connectivity index (χ3n) is 3.10. The Labute approximate surface area is 117 Å². The monoisotopic (exact) mass is 304 g/mol. The van der Waals surface area contributed by atoms with E-state index in [9.17, 15) is 12.8 Å². The molecule has 1 aliphatic rings. The van der Waals surface area contributed by atoms with Gasteiger partial charge in [-0.15, -0.1) is 0 Å². The third-order valence-corrected chi connectivity index (χ3v) is 6.08. The molecular weight excluding hydrogens is 287 g/mol. The Bertz CT molecular complexity index is 566. The van der Waals surface area contributed by atoms with E-state index in [0.717, 1.165) is 5.75 Å². The molecule has 1 aromatic carbocycles. The number of thioether (sulfide) groups is 1. The quantitative estimate of drug-likeness (QED) is 0.847. The van der Waals surface area contributed by atoms with Gasteiger partial charge in [-0.2, -0.15) is 16.1 Å². The summed E-state index contributed by atoms with van der Waals surface area (Å²) in [7, 11) is -3.58. The first kappa shape index (κ1) is 14.6. The fourth-order valence-electron chi connectivity index (χ4n) is 2.07. The van der Waals surface area contributed by atoms with Gasteiger partial charge < -0.3 is 5.73 Å². The standard InChI is InChI=1S/C12H17FN2O2S2/c1-8-5-10(6-11(14)12(8)13)19(16,17)15-3-4-18-9(2)7-15/h5-6,9H,3-4,7,14H2,1-2H3. The molecule has 1 saturated heterocycles. The van der Waals surface area contributed by atoms with Gasteiger partial charge in [0.25, 0.3) is 0 Å². The number of anilines is 1. The van der Waals surface area contributed by atoms with Gasteiger partial charge in [-0.05, 0) is 24.6 Å². The molecule has 19 heavy (non-hydrogen) atoms. The summed E-state index contributed by atoms with van der Waals surface area (Å²) in [5, 5.41) is 0.266. The molecule has 0 amide bonds. The molecule has 0 aromatic heterocycles. The van der Waals surface area contributed by atoms with Gasteiger partial charge >= 0.3 is 0 Å². The number of hydrogen-bond donors (Lipinski definition) is 1. The molecule has 0 bridgehead atoms. The Morgan fingerprint density at radius 3 is 2.74 bits per heavy atom. The summed E-state index contributed by atoms with van der Waals surface area (Å²) in [6, 6.07) is 2.54. The van der Waals surface area contributed by atoms with Gasteiger partial charge in [0.1, 0.15) is 5.82 Å². The average Bonchev–Trinajstić information content (AvgIpc) is 2.35. The first-order valence-corrected chi connectivity index (χ1v) is 8.48. The van der Waals surface area contributed by atoms with Crippen molar-refractivity contribution in [3.8, 4) is 0 Å². The highest BCUT2D eigenvalue weighted by Gasteiger charge is 2.29. The van der Waals surface area contributed by atoms with Crippen LogP contribution >= 0.6 is 11.8 Å². The fraction of sp³-hybridized carbons (Fsp3) is 0.500. The van der Waals surface area contributed by atoms with Crippen molar-refractivity contribution in [1.82, 2.24) is 4.31 Å². The molecule has 2 N–H and O–H groups in total. The molecule has 0 aliphatic carbocycles. The number of benzene rings is 1.